The van der Waals surface area contributed by atoms with Crippen LogP contribution in [0.2, 0.25) is 5.28 Å². The van der Waals surface area contributed by atoms with Gasteiger partial charge in [-0.25, -0.2) is 14.8 Å². The van der Waals surface area contributed by atoms with Gasteiger partial charge >= 0.3 is 6.09 Å². The Bertz CT molecular complexity index is 536. The van der Waals surface area contributed by atoms with Gasteiger partial charge in [-0.2, -0.15) is 4.98 Å². The highest BCUT2D eigenvalue weighted by molar-refractivity contribution is 6.28. The molecule has 0 unspecified atom stereocenters. The number of hydrogen-bond acceptors (Lipinski definition) is 5. The zero-order valence-corrected chi connectivity index (χ0v) is 9.96. The summed E-state index contributed by atoms with van der Waals surface area (Å²) >= 11 is 5.55. The molecule has 2 rings (SSSR count). The minimum absolute atomic E-state index is 0.00311. The van der Waals surface area contributed by atoms with E-state index in [9.17, 15) is 4.79 Å². The van der Waals surface area contributed by atoms with Gasteiger partial charge in [0.25, 0.3) is 0 Å². The number of rotatable bonds is 3. The van der Waals surface area contributed by atoms with Crippen LogP contribution < -0.4 is 5.32 Å². The number of nitrogens with zero attached hydrogens (tertiary/aromatic N) is 3. The highest BCUT2D eigenvalue weighted by Gasteiger charge is 2.06. The van der Waals surface area contributed by atoms with Gasteiger partial charge in [0.15, 0.2) is 0 Å². The summed E-state index contributed by atoms with van der Waals surface area (Å²) in [4.78, 5) is 22.4. The Balaban J connectivity index is 1.86. The van der Waals surface area contributed by atoms with E-state index < -0.39 is 6.09 Å². The zero-order chi connectivity index (χ0) is 12.8. The summed E-state index contributed by atoms with van der Waals surface area (Å²) in [5, 5.41) is 2.35. The highest BCUT2D eigenvalue weighted by Crippen LogP contribution is 2.04. The SMILES string of the molecule is O=C(Nc1ncnc(Cl)n1)OCc1ccccc1. The van der Waals surface area contributed by atoms with Crippen molar-refractivity contribution in [2.75, 3.05) is 5.32 Å². The maximum Gasteiger partial charge on any atom is 0.414 e. The molecule has 2 aromatic rings. The van der Waals surface area contributed by atoms with Crippen molar-refractivity contribution in [3.05, 3.63) is 47.5 Å². The first-order valence-corrected chi connectivity index (χ1v) is 5.44. The fraction of sp³-hybridized carbons (Fsp3) is 0.0909. The second-order valence-electron chi connectivity index (χ2n) is 3.26. The molecule has 1 aromatic heterocycles. The largest absolute Gasteiger partial charge is 0.444 e. The van der Waals surface area contributed by atoms with Crippen molar-refractivity contribution in [2.45, 2.75) is 6.61 Å². The van der Waals surface area contributed by atoms with Gasteiger partial charge in [0, 0.05) is 0 Å². The average Bonchev–Trinajstić information content (AvgIpc) is 2.38. The molecule has 1 amide bonds. The molecule has 0 fully saturated rings. The molecule has 7 heteroatoms. The second-order valence-corrected chi connectivity index (χ2v) is 3.60. The Morgan fingerprint density at radius 1 is 1.28 bits per heavy atom. The standard InChI is InChI=1S/C11H9ClN4O2/c12-9-13-7-14-10(15-9)16-11(17)18-6-8-4-2-1-3-5-8/h1-5,7H,6H2,(H,13,14,15,16,17). The Morgan fingerprint density at radius 3 is 2.78 bits per heavy atom. The molecule has 0 spiro atoms. The number of carbonyl (C=O) groups is 1. The van der Waals surface area contributed by atoms with Crippen molar-refractivity contribution in [3.8, 4) is 0 Å². The van der Waals surface area contributed by atoms with Crippen molar-refractivity contribution < 1.29 is 9.53 Å². The van der Waals surface area contributed by atoms with E-state index in [1.165, 1.54) is 6.33 Å². The first kappa shape index (κ1) is 12.3. The fourth-order valence-electron chi connectivity index (χ4n) is 1.19. The molecule has 0 bridgehead atoms. The molecule has 6 nitrogen and oxygen atoms in total. The van der Waals surface area contributed by atoms with E-state index in [-0.39, 0.29) is 17.8 Å². The maximum absolute atomic E-state index is 11.4. The molecule has 1 heterocycles. The Hall–Kier alpha value is -2.21. The van der Waals surface area contributed by atoms with Crippen LogP contribution in [0.25, 0.3) is 0 Å². The van der Waals surface area contributed by atoms with Crippen LogP contribution in [0, 0.1) is 0 Å². The van der Waals surface area contributed by atoms with E-state index in [0.717, 1.165) is 5.56 Å². The van der Waals surface area contributed by atoms with Crippen LogP contribution in [0.4, 0.5) is 10.7 Å². The van der Waals surface area contributed by atoms with Crippen LogP contribution in [-0.2, 0) is 11.3 Å². The van der Waals surface area contributed by atoms with Crippen molar-refractivity contribution in [3.63, 3.8) is 0 Å². The van der Waals surface area contributed by atoms with Crippen LogP contribution >= 0.6 is 11.6 Å². The molecule has 0 aliphatic carbocycles. The molecule has 0 aliphatic rings. The van der Waals surface area contributed by atoms with Gasteiger partial charge in [0.1, 0.15) is 12.9 Å². The third-order valence-electron chi connectivity index (χ3n) is 1.97. The lowest BCUT2D eigenvalue weighted by Gasteiger charge is -2.05. The van der Waals surface area contributed by atoms with Crippen LogP contribution in [-0.4, -0.2) is 21.0 Å². The van der Waals surface area contributed by atoms with E-state index >= 15 is 0 Å². The summed E-state index contributed by atoms with van der Waals surface area (Å²) in [7, 11) is 0. The van der Waals surface area contributed by atoms with Gasteiger partial charge in [-0.3, -0.25) is 5.32 Å². The topological polar surface area (TPSA) is 77.0 Å². The normalized spacial score (nSPS) is 9.83. The number of hydrogen-bond donors (Lipinski definition) is 1. The number of anilines is 1. The highest BCUT2D eigenvalue weighted by atomic mass is 35.5. The Morgan fingerprint density at radius 2 is 2.06 bits per heavy atom. The van der Waals surface area contributed by atoms with E-state index in [2.05, 4.69) is 20.3 Å². The minimum Gasteiger partial charge on any atom is -0.444 e. The molecule has 1 N–H and O–H groups in total. The average molecular weight is 265 g/mol. The smallest absolute Gasteiger partial charge is 0.414 e. The molecule has 1 aromatic carbocycles. The van der Waals surface area contributed by atoms with Crippen molar-refractivity contribution >= 4 is 23.6 Å². The van der Waals surface area contributed by atoms with E-state index in [0.29, 0.717) is 0 Å². The molecule has 0 aliphatic heterocycles. The van der Waals surface area contributed by atoms with Gasteiger partial charge in [0.05, 0.1) is 0 Å². The van der Waals surface area contributed by atoms with Crippen molar-refractivity contribution in [1.82, 2.24) is 15.0 Å². The predicted octanol–water partition coefficient (Wildman–Crippen LogP) is 2.27. The summed E-state index contributed by atoms with van der Waals surface area (Å²) in [6.45, 7) is 0.172. The van der Waals surface area contributed by atoms with Crippen LogP contribution in [0.1, 0.15) is 5.56 Å². The van der Waals surface area contributed by atoms with Gasteiger partial charge in [-0.05, 0) is 17.2 Å². The minimum atomic E-state index is -0.652. The Kier molecular flexibility index (Phi) is 4.03. The predicted molar refractivity (Wildman–Crippen MR) is 65.1 cm³/mol. The fourth-order valence-corrected chi connectivity index (χ4v) is 1.31. The van der Waals surface area contributed by atoms with E-state index in [1.54, 1.807) is 0 Å². The number of halogens is 1. The van der Waals surface area contributed by atoms with Gasteiger partial charge < -0.3 is 4.74 Å². The summed E-state index contributed by atoms with van der Waals surface area (Å²) in [6, 6.07) is 9.32. The Labute approximate surface area is 108 Å². The van der Waals surface area contributed by atoms with E-state index in [4.69, 9.17) is 16.3 Å². The first-order chi connectivity index (χ1) is 8.74. The number of ether oxygens (including phenoxy) is 1. The molecule has 18 heavy (non-hydrogen) atoms. The maximum atomic E-state index is 11.4. The molecule has 0 radical (unpaired) electrons. The quantitative estimate of drug-likeness (QED) is 0.920. The van der Waals surface area contributed by atoms with Gasteiger partial charge in [-0.15, -0.1) is 0 Å². The molecule has 0 saturated carbocycles. The first-order valence-electron chi connectivity index (χ1n) is 5.06. The van der Waals surface area contributed by atoms with Crippen molar-refractivity contribution in [2.24, 2.45) is 0 Å². The van der Waals surface area contributed by atoms with Crippen LogP contribution in [0.5, 0.6) is 0 Å². The van der Waals surface area contributed by atoms with Crippen LogP contribution in [0.3, 0.4) is 0 Å². The lowest BCUT2D eigenvalue weighted by Crippen LogP contribution is -2.15. The monoisotopic (exact) mass is 264 g/mol. The summed E-state index contributed by atoms with van der Waals surface area (Å²) in [6.07, 6.45) is 0.545. The number of aromatic nitrogens is 3. The zero-order valence-electron chi connectivity index (χ0n) is 9.21. The number of nitrogens with one attached hydrogen (secondary N) is 1. The third kappa shape index (κ3) is 3.67. The molecule has 0 atom stereocenters. The van der Waals surface area contributed by atoms with Gasteiger partial charge in [0.2, 0.25) is 11.2 Å². The molecule has 0 saturated heterocycles. The van der Waals surface area contributed by atoms with Gasteiger partial charge in [-0.1, -0.05) is 30.3 Å². The summed E-state index contributed by atoms with van der Waals surface area (Å²) < 4.78 is 4.98. The molecular weight excluding hydrogens is 256 g/mol. The van der Waals surface area contributed by atoms with Crippen LogP contribution in [0.15, 0.2) is 36.7 Å². The molecular formula is C11H9ClN4O2. The second kappa shape index (κ2) is 5.92. The van der Waals surface area contributed by atoms with E-state index in [1.807, 2.05) is 30.3 Å². The van der Waals surface area contributed by atoms with Crippen molar-refractivity contribution in [1.29, 1.82) is 0 Å². The number of benzene rings is 1. The lowest BCUT2D eigenvalue weighted by atomic mass is 10.2. The molecule has 92 valence electrons. The number of carbonyl (C=O) groups excluding carboxylic acids is 1. The number of amides is 1. The third-order valence-corrected chi connectivity index (χ3v) is 2.15. The lowest BCUT2D eigenvalue weighted by molar-refractivity contribution is 0.155. The summed E-state index contributed by atoms with van der Waals surface area (Å²) in [5.41, 5.74) is 0.890. The summed E-state index contributed by atoms with van der Waals surface area (Å²) in [5.74, 6) is 0.0491.